The van der Waals surface area contributed by atoms with Gasteiger partial charge in [0.05, 0.1) is 23.9 Å². The van der Waals surface area contributed by atoms with E-state index in [4.69, 9.17) is 22.1 Å². The zero-order valence-corrected chi connectivity index (χ0v) is 13.7. The molecular weight excluding hydrogens is 336 g/mol. The van der Waals surface area contributed by atoms with Crippen LogP contribution in [0.15, 0.2) is 36.4 Å². The van der Waals surface area contributed by atoms with Gasteiger partial charge in [0.2, 0.25) is 0 Å². The summed E-state index contributed by atoms with van der Waals surface area (Å²) in [4.78, 5) is 0. The van der Waals surface area contributed by atoms with Crippen LogP contribution in [0.1, 0.15) is 0 Å². The van der Waals surface area contributed by atoms with Crippen molar-refractivity contribution in [1.29, 1.82) is 0 Å². The molecule has 124 valence electrons. The first-order chi connectivity index (χ1) is 11.4. The van der Waals surface area contributed by atoms with Crippen LogP contribution >= 0.6 is 11.6 Å². The average molecular weight is 350 g/mol. The van der Waals surface area contributed by atoms with Crippen LogP contribution in [0.5, 0.6) is 5.75 Å². The lowest BCUT2D eigenvalue weighted by Gasteiger charge is -2.10. The van der Waals surface area contributed by atoms with E-state index in [1.54, 1.807) is 31.3 Å². The Morgan fingerprint density at radius 2 is 1.67 bits per heavy atom. The Morgan fingerprint density at radius 3 is 2.21 bits per heavy atom. The molecule has 0 radical (unpaired) electrons. The number of rotatable bonds is 3. The molecule has 0 amide bonds. The molecule has 0 aliphatic carbocycles. The van der Waals surface area contributed by atoms with E-state index in [0.29, 0.717) is 16.3 Å². The molecule has 3 rings (SSSR count). The summed E-state index contributed by atoms with van der Waals surface area (Å²) >= 11 is 5.90. The van der Waals surface area contributed by atoms with Gasteiger partial charge in [-0.2, -0.15) is 5.10 Å². The smallest absolute Gasteiger partial charge is 0.154 e. The summed E-state index contributed by atoms with van der Waals surface area (Å²) in [6, 6.07) is 9.06. The Kier molecular flexibility index (Phi) is 4.15. The average Bonchev–Trinajstić information content (AvgIpc) is 2.82. The topological polar surface area (TPSA) is 53.1 Å². The molecular formula is C17H14ClF2N3O. The van der Waals surface area contributed by atoms with Gasteiger partial charge in [0.15, 0.2) is 5.82 Å². The standard InChI is InChI=1S/C17H14ClF2N3O/c1-23-16(9-3-5-10(18)6-4-9)15(17(21)22-23)14-12(19)7-11(24-2)8-13(14)20/h3-8H,1-2H3,(H2,21,22). The van der Waals surface area contributed by atoms with Crippen LogP contribution < -0.4 is 10.5 Å². The normalized spacial score (nSPS) is 10.9. The predicted octanol–water partition coefficient (Wildman–Crippen LogP) is 4.28. The SMILES string of the molecule is COc1cc(F)c(-c2c(N)nn(C)c2-c2ccc(Cl)cc2)c(F)c1. The van der Waals surface area contributed by atoms with Crippen molar-refractivity contribution < 1.29 is 13.5 Å². The zero-order valence-electron chi connectivity index (χ0n) is 13.0. The highest BCUT2D eigenvalue weighted by Gasteiger charge is 2.24. The first kappa shape index (κ1) is 16.3. The first-order valence-electron chi connectivity index (χ1n) is 7.04. The van der Waals surface area contributed by atoms with Crippen LogP contribution in [-0.4, -0.2) is 16.9 Å². The number of benzene rings is 2. The van der Waals surface area contributed by atoms with Crippen LogP contribution in [0.4, 0.5) is 14.6 Å². The molecule has 7 heteroatoms. The lowest BCUT2D eigenvalue weighted by Crippen LogP contribution is -1.97. The van der Waals surface area contributed by atoms with Crippen LogP contribution in [-0.2, 0) is 7.05 Å². The van der Waals surface area contributed by atoms with E-state index in [-0.39, 0.29) is 22.7 Å². The molecule has 1 aromatic heterocycles. The number of methoxy groups -OCH3 is 1. The van der Waals surface area contributed by atoms with E-state index in [0.717, 1.165) is 12.1 Å². The molecule has 0 saturated carbocycles. The van der Waals surface area contributed by atoms with E-state index >= 15 is 0 Å². The van der Waals surface area contributed by atoms with Crippen LogP contribution in [0, 0.1) is 11.6 Å². The molecule has 3 aromatic rings. The second-order valence-corrected chi connectivity index (χ2v) is 5.64. The largest absolute Gasteiger partial charge is 0.497 e. The molecule has 0 aliphatic heterocycles. The quantitative estimate of drug-likeness (QED) is 0.768. The number of ether oxygens (including phenoxy) is 1. The molecule has 0 unspecified atom stereocenters. The molecule has 0 fully saturated rings. The highest BCUT2D eigenvalue weighted by Crippen LogP contribution is 2.40. The van der Waals surface area contributed by atoms with E-state index in [2.05, 4.69) is 5.10 Å². The maximum atomic E-state index is 14.5. The molecule has 0 aliphatic rings. The summed E-state index contributed by atoms with van der Waals surface area (Å²) in [5.74, 6) is -1.43. The highest BCUT2D eigenvalue weighted by atomic mass is 35.5. The van der Waals surface area contributed by atoms with Crippen molar-refractivity contribution >= 4 is 17.4 Å². The van der Waals surface area contributed by atoms with E-state index in [1.165, 1.54) is 11.8 Å². The van der Waals surface area contributed by atoms with Crippen molar-refractivity contribution in [3.8, 4) is 28.1 Å². The van der Waals surface area contributed by atoms with Crippen LogP contribution in [0.25, 0.3) is 22.4 Å². The van der Waals surface area contributed by atoms with E-state index in [1.807, 2.05) is 0 Å². The Hall–Kier alpha value is -2.60. The number of nitrogens with two attached hydrogens (primary N) is 1. The summed E-state index contributed by atoms with van der Waals surface area (Å²) in [6.07, 6.45) is 0. The summed E-state index contributed by atoms with van der Waals surface area (Å²) in [5, 5.41) is 4.66. The van der Waals surface area contributed by atoms with Gasteiger partial charge >= 0.3 is 0 Å². The van der Waals surface area contributed by atoms with Crippen molar-refractivity contribution in [2.45, 2.75) is 0 Å². The molecule has 4 nitrogen and oxygen atoms in total. The van der Waals surface area contributed by atoms with E-state index in [9.17, 15) is 8.78 Å². The van der Waals surface area contributed by atoms with Crippen molar-refractivity contribution in [1.82, 2.24) is 9.78 Å². The van der Waals surface area contributed by atoms with Gasteiger partial charge in [-0.1, -0.05) is 23.7 Å². The fourth-order valence-corrected chi connectivity index (χ4v) is 2.76. The number of aryl methyl sites for hydroxylation is 1. The number of nitrogen functional groups attached to an aromatic ring is 1. The molecule has 24 heavy (non-hydrogen) atoms. The Bertz CT molecular complexity index is 884. The predicted molar refractivity (Wildman–Crippen MR) is 90.0 cm³/mol. The van der Waals surface area contributed by atoms with Gasteiger partial charge in [-0.3, -0.25) is 4.68 Å². The first-order valence-corrected chi connectivity index (χ1v) is 7.42. The van der Waals surface area contributed by atoms with Gasteiger partial charge in [-0.25, -0.2) is 8.78 Å². The molecule has 0 saturated heterocycles. The van der Waals surface area contributed by atoms with Gasteiger partial charge in [-0.15, -0.1) is 0 Å². The molecule has 0 bridgehead atoms. The molecule has 1 heterocycles. The van der Waals surface area contributed by atoms with Crippen molar-refractivity contribution in [3.63, 3.8) is 0 Å². The Labute approximate surface area is 142 Å². The zero-order chi connectivity index (χ0) is 17.4. The van der Waals surface area contributed by atoms with Crippen molar-refractivity contribution in [2.75, 3.05) is 12.8 Å². The third-order valence-corrected chi connectivity index (χ3v) is 3.95. The Morgan fingerprint density at radius 1 is 1.08 bits per heavy atom. The highest BCUT2D eigenvalue weighted by molar-refractivity contribution is 6.30. The molecule has 2 N–H and O–H groups in total. The van der Waals surface area contributed by atoms with E-state index < -0.39 is 11.6 Å². The minimum absolute atomic E-state index is 0.0328. The van der Waals surface area contributed by atoms with Gasteiger partial charge in [0.1, 0.15) is 17.4 Å². The maximum absolute atomic E-state index is 14.5. The van der Waals surface area contributed by atoms with Crippen LogP contribution in [0.2, 0.25) is 5.02 Å². The number of nitrogens with zero attached hydrogens (tertiary/aromatic N) is 2. The number of aromatic nitrogens is 2. The fourth-order valence-electron chi connectivity index (χ4n) is 2.64. The minimum atomic E-state index is -0.776. The van der Waals surface area contributed by atoms with Gasteiger partial charge in [-0.05, 0) is 12.1 Å². The molecule has 0 atom stereocenters. The monoisotopic (exact) mass is 349 g/mol. The third-order valence-electron chi connectivity index (χ3n) is 3.69. The Balaban J connectivity index is 2.28. The third kappa shape index (κ3) is 2.69. The van der Waals surface area contributed by atoms with Crippen molar-refractivity contribution in [3.05, 3.63) is 53.1 Å². The van der Waals surface area contributed by atoms with Gasteiger partial charge < -0.3 is 10.5 Å². The van der Waals surface area contributed by atoms with Crippen molar-refractivity contribution in [2.24, 2.45) is 7.05 Å². The minimum Gasteiger partial charge on any atom is -0.497 e. The molecule has 2 aromatic carbocycles. The summed E-state index contributed by atoms with van der Waals surface area (Å²) in [5.41, 5.74) is 7.06. The summed E-state index contributed by atoms with van der Waals surface area (Å²) in [7, 11) is 2.99. The van der Waals surface area contributed by atoms with Crippen LogP contribution in [0.3, 0.4) is 0 Å². The fraction of sp³-hybridized carbons (Fsp3) is 0.118. The van der Waals surface area contributed by atoms with Gasteiger partial charge in [0, 0.05) is 29.8 Å². The van der Waals surface area contributed by atoms with Gasteiger partial charge in [0.25, 0.3) is 0 Å². The second-order valence-electron chi connectivity index (χ2n) is 5.21. The number of halogens is 3. The number of hydrogen-bond acceptors (Lipinski definition) is 3. The number of anilines is 1. The summed E-state index contributed by atoms with van der Waals surface area (Å²) < 4.78 is 35.4. The lowest BCUT2D eigenvalue weighted by molar-refractivity contribution is 0.407. The maximum Gasteiger partial charge on any atom is 0.154 e. The lowest BCUT2D eigenvalue weighted by atomic mass is 9.99. The molecule has 0 spiro atoms. The summed E-state index contributed by atoms with van der Waals surface area (Å²) in [6.45, 7) is 0. The second kappa shape index (κ2) is 6.13. The number of hydrogen-bond donors (Lipinski definition) is 1.